The molecule has 0 unspecified atom stereocenters. The van der Waals surface area contributed by atoms with Crippen LogP contribution >= 0.6 is 0 Å². The van der Waals surface area contributed by atoms with Gasteiger partial charge in [0.1, 0.15) is 12.4 Å². The summed E-state index contributed by atoms with van der Waals surface area (Å²) in [6.07, 6.45) is 1.07. The van der Waals surface area contributed by atoms with Crippen LogP contribution in [0.25, 0.3) is 10.9 Å². The standard InChI is InChI=1S/C16H16FN3O/c1-2-3-20-7-12-16-13(8-20)19-11-5-9(17)4-10(15(11)16)14(21)6-18-12/h4-5,19H,2-3,6-8H2,1H3. The van der Waals surface area contributed by atoms with Gasteiger partial charge in [0.2, 0.25) is 0 Å². The normalized spacial score (nSPS) is 18.0. The van der Waals surface area contributed by atoms with E-state index in [-0.39, 0.29) is 18.1 Å². The number of benzene rings is 1. The van der Waals surface area contributed by atoms with Crippen molar-refractivity contribution in [2.75, 3.05) is 19.6 Å². The molecule has 0 fully saturated rings. The number of carbonyl (C=O) groups is 1. The van der Waals surface area contributed by atoms with Crippen LogP contribution in [0.1, 0.15) is 35.0 Å². The molecule has 4 nitrogen and oxygen atoms in total. The van der Waals surface area contributed by atoms with Gasteiger partial charge in [-0.15, -0.1) is 0 Å². The number of hydrogen-bond donors (Lipinski definition) is 1. The smallest absolute Gasteiger partial charge is 0.185 e. The molecule has 1 aromatic carbocycles. The van der Waals surface area contributed by atoms with Gasteiger partial charge in [0.25, 0.3) is 0 Å². The van der Waals surface area contributed by atoms with Crippen molar-refractivity contribution in [3.05, 3.63) is 34.8 Å². The molecule has 0 saturated carbocycles. The molecule has 1 N–H and O–H groups in total. The molecule has 2 aromatic rings. The number of Topliss-reactive ketones (excluding diaryl/α,β-unsaturated/α-hetero) is 1. The van der Waals surface area contributed by atoms with Gasteiger partial charge in [0, 0.05) is 40.8 Å². The topological polar surface area (TPSA) is 48.5 Å². The number of aromatic nitrogens is 1. The molecule has 0 saturated heterocycles. The molecule has 0 aliphatic carbocycles. The van der Waals surface area contributed by atoms with Crippen molar-refractivity contribution in [1.82, 2.24) is 9.88 Å². The van der Waals surface area contributed by atoms with E-state index >= 15 is 0 Å². The van der Waals surface area contributed by atoms with Crippen LogP contribution in [0.2, 0.25) is 0 Å². The van der Waals surface area contributed by atoms with Crippen LogP contribution in [-0.2, 0) is 6.54 Å². The lowest BCUT2D eigenvalue weighted by Gasteiger charge is -2.27. The summed E-state index contributed by atoms with van der Waals surface area (Å²) in [6.45, 7) is 4.81. The zero-order valence-electron chi connectivity index (χ0n) is 11.9. The minimum Gasteiger partial charge on any atom is -0.357 e. The van der Waals surface area contributed by atoms with Crippen molar-refractivity contribution in [3.8, 4) is 0 Å². The highest BCUT2D eigenvalue weighted by atomic mass is 19.1. The number of hydrogen-bond acceptors (Lipinski definition) is 3. The third-order valence-corrected chi connectivity index (χ3v) is 4.24. The second kappa shape index (κ2) is 4.49. The van der Waals surface area contributed by atoms with Crippen LogP contribution in [0.5, 0.6) is 0 Å². The second-order valence-corrected chi connectivity index (χ2v) is 5.75. The van der Waals surface area contributed by atoms with E-state index in [2.05, 4.69) is 21.8 Å². The summed E-state index contributed by atoms with van der Waals surface area (Å²) in [7, 11) is 0. The molecule has 0 bridgehead atoms. The van der Waals surface area contributed by atoms with E-state index < -0.39 is 0 Å². The molecular formula is C16H16FN3O. The molecule has 5 heteroatoms. The fraction of sp³-hybridized carbons (Fsp3) is 0.375. The number of aromatic amines is 1. The van der Waals surface area contributed by atoms with Crippen LogP contribution < -0.4 is 0 Å². The van der Waals surface area contributed by atoms with Gasteiger partial charge < -0.3 is 4.98 Å². The van der Waals surface area contributed by atoms with E-state index in [4.69, 9.17) is 0 Å². The Morgan fingerprint density at radius 1 is 1.38 bits per heavy atom. The quantitative estimate of drug-likeness (QED) is 0.921. The third-order valence-electron chi connectivity index (χ3n) is 4.24. The Labute approximate surface area is 121 Å². The van der Waals surface area contributed by atoms with E-state index in [1.54, 1.807) is 0 Å². The number of ketones is 1. The fourth-order valence-corrected chi connectivity index (χ4v) is 3.43. The Hall–Kier alpha value is -2.01. The molecule has 3 heterocycles. The first-order valence-corrected chi connectivity index (χ1v) is 7.30. The van der Waals surface area contributed by atoms with Crippen LogP contribution in [0.4, 0.5) is 4.39 Å². The number of H-pyrrole nitrogens is 1. The van der Waals surface area contributed by atoms with Gasteiger partial charge in [-0.2, -0.15) is 0 Å². The number of carbonyl (C=O) groups excluding carboxylic acids is 1. The second-order valence-electron chi connectivity index (χ2n) is 5.75. The van der Waals surface area contributed by atoms with Crippen LogP contribution in [-0.4, -0.2) is 41.0 Å². The lowest BCUT2D eigenvalue weighted by molar-refractivity contribution is 0.100. The van der Waals surface area contributed by atoms with E-state index in [0.717, 1.165) is 48.4 Å². The van der Waals surface area contributed by atoms with E-state index in [0.29, 0.717) is 11.1 Å². The minimum absolute atomic E-state index is 0.106. The molecule has 0 radical (unpaired) electrons. The minimum atomic E-state index is -0.377. The van der Waals surface area contributed by atoms with Gasteiger partial charge in [-0.05, 0) is 25.1 Å². The first-order chi connectivity index (χ1) is 10.2. The number of halogens is 1. The molecule has 0 atom stereocenters. The Balaban J connectivity index is 2.00. The molecule has 0 amide bonds. The Kier molecular flexibility index (Phi) is 2.72. The molecule has 21 heavy (non-hydrogen) atoms. The zero-order chi connectivity index (χ0) is 14.6. The molecule has 1 aromatic heterocycles. The zero-order valence-corrected chi connectivity index (χ0v) is 11.9. The van der Waals surface area contributed by atoms with Gasteiger partial charge in [-0.25, -0.2) is 4.39 Å². The van der Waals surface area contributed by atoms with Gasteiger partial charge in [-0.3, -0.25) is 14.7 Å². The maximum Gasteiger partial charge on any atom is 0.185 e. The molecule has 0 spiro atoms. The lowest BCUT2D eigenvalue weighted by Crippen LogP contribution is -2.35. The molecule has 108 valence electrons. The molecule has 2 aliphatic rings. The summed E-state index contributed by atoms with van der Waals surface area (Å²) < 4.78 is 13.7. The van der Waals surface area contributed by atoms with Crippen molar-refractivity contribution in [1.29, 1.82) is 0 Å². The predicted molar refractivity (Wildman–Crippen MR) is 79.6 cm³/mol. The summed E-state index contributed by atoms with van der Waals surface area (Å²) in [6, 6.07) is 2.81. The van der Waals surface area contributed by atoms with E-state index in [9.17, 15) is 9.18 Å². The van der Waals surface area contributed by atoms with Crippen LogP contribution in [0.15, 0.2) is 17.1 Å². The summed E-state index contributed by atoms with van der Waals surface area (Å²) in [4.78, 5) is 22.3. The van der Waals surface area contributed by atoms with Crippen LogP contribution in [0.3, 0.4) is 0 Å². The number of nitrogens with zero attached hydrogens (tertiary/aromatic N) is 2. The maximum atomic E-state index is 13.7. The SMILES string of the molecule is CCCN1CC2=NCC(=O)c3cc(F)cc4[nH]c(c2c34)C1. The van der Waals surface area contributed by atoms with Crippen molar-refractivity contribution < 1.29 is 9.18 Å². The summed E-state index contributed by atoms with van der Waals surface area (Å²) >= 11 is 0. The van der Waals surface area contributed by atoms with Crippen molar-refractivity contribution in [3.63, 3.8) is 0 Å². The fourth-order valence-electron chi connectivity index (χ4n) is 3.43. The molecule has 2 aliphatic heterocycles. The number of nitrogens with one attached hydrogen (secondary N) is 1. The van der Waals surface area contributed by atoms with Crippen LogP contribution in [0, 0.1) is 5.82 Å². The van der Waals surface area contributed by atoms with E-state index in [1.807, 2.05) is 0 Å². The Bertz CT molecular complexity index is 790. The molecule has 4 rings (SSSR count). The van der Waals surface area contributed by atoms with Gasteiger partial charge in [0.15, 0.2) is 5.78 Å². The first-order valence-electron chi connectivity index (χ1n) is 7.30. The maximum absolute atomic E-state index is 13.7. The van der Waals surface area contributed by atoms with Crippen molar-refractivity contribution >= 4 is 22.4 Å². The monoisotopic (exact) mass is 285 g/mol. The van der Waals surface area contributed by atoms with Gasteiger partial charge in [-0.1, -0.05) is 6.92 Å². The average Bonchev–Trinajstić information content (AvgIpc) is 2.74. The number of aliphatic imine (C=N–C) groups is 1. The summed E-state index contributed by atoms with van der Waals surface area (Å²) in [5, 5.41) is 0.851. The molecular weight excluding hydrogens is 269 g/mol. The van der Waals surface area contributed by atoms with Gasteiger partial charge >= 0.3 is 0 Å². The van der Waals surface area contributed by atoms with Crippen molar-refractivity contribution in [2.24, 2.45) is 4.99 Å². The highest BCUT2D eigenvalue weighted by Crippen LogP contribution is 2.33. The third kappa shape index (κ3) is 1.84. The van der Waals surface area contributed by atoms with E-state index in [1.165, 1.54) is 12.1 Å². The summed E-state index contributed by atoms with van der Waals surface area (Å²) in [5.41, 5.74) is 4.19. The summed E-state index contributed by atoms with van der Waals surface area (Å²) in [5.74, 6) is -0.483. The Morgan fingerprint density at radius 2 is 2.24 bits per heavy atom. The number of rotatable bonds is 2. The average molecular weight is 285 g/mol. The van der Waals surface area contributed by atoms with Gasteiger partial charge in [0.05, 0.1) is 5.71 Å². The Morgan fingerprint density at radius 3 is 3.05 bits per heavy atom. The predicted octanol–water partition coefficient (Wildman–Crippen LogP) is 2.52. The highest BCUT2D eigenvalue weighted by Gasteiger charge is 2.30. The lowest BCUT2D eigenvalue weighted by atomic mass is 9.97. The van der Waals surface area contributed by atoms with Crippen molar-refractivity contribution in [2.45, 2.75) is 19.9 Å². The highest BCUT2D eigenvalue weighted by molar-refractivity contribution is 6.22. The first kappa shape index (κ1) is 12.7. The largest absolute Gasteiger partial charge is 0.357 e.